The summed E-state index contributed by atoms with van der Waals surface area (Å²) in [6.45, 7) is 3.95. The van der Waals surface area contributed by atoms with Crippen LogP contribution >= 0.6 is 39.6 Å². The number of rotatable bonds is 10. The fraction of sp³-hybridized carbons (Fsp3) is 0.505. The van der Waals surface area contributed by atoms with Gasteiger partial charge in [0.05, 0.1) is 29.8 Å². The molecular formula is C91H115BrIN9O15. The number of amides is 3. The molecule has 4 saturated heterocycles. The Bertz CT molecular complexity index is 4650. The van der Waals surface area contributed by atoms with Gasteiger partial charge in [0.1, 0.15) is 31.3 Å². The smallest absolute Gasteiger partial charge is 0.410 e. The molecule has 8 bridgehead atoms. The minimum absolute atomic E-state index is 0. The molecule has 12 atom stereocenters. The van der Waals surface area contributed by atoms with Crippen molar-refractivity contribution in [1.29, 1.82) is 0 Å². The highest BCUT2D eigenvalue weighted by atomic mass is 127. The predicted octanol–water partition coefficient (Wildman–Crippen LogP) is 16.7. The molecule has 0 spiro atoms. The Hall–Kier alpha value is -8.80. The molecule has 3 amide bonds. The Kier molecular flexibility index (Phi) is 28.5. The van der Waals surface area contributed by atoms with Crippen LogP contribution in [0.15, 0.2) is 146 Å². The molecule has 19 rings (SSSR count). The van der Waals surface area contributed by atoms with E-state index in [1.54, 1.807) is 19.2 Å². The number of nitrogens with two attached hydrogens (primary N) is 3. The van der Waals surface area contributed by atoms with E-state index in [1.807, 2.05) is 123 Å². The van der Waals surface area contributed by atoms with Gasteiger partial charge in [-0.2, -0.15) is 0 Å². The number of phenolic OH excluding ortho intramolecular Hbond substituents is 2. The number of nitrogens with one attached hydrogen (secondary N) is 1. The minimum atomic E-state index is -0.540. The van der Waals surface area contributed by atoms with Crippen molar-refractivity contribution in [1.82, 2.24) is 20.0 Å². The van der Waals surface area contributed by atoms with Crippen molar-refractivity contribution in [3.63, 3.8) is 0 Å². The first-order valence-electron chi connectivity index (χ1n) is 41.5. The summed E-state index contributed by atoms with van der Waals surface area (Å²) in [7, 11) is 3.17. The van der Waals surface area contributed by atoms with Gasteiger partial charge in [0, 0.05) is 77.6 Å². The topological polar surface area (TPSA) is 355 Å². The van der Waals surface area contributed by atoms with E-state index in [9.17, 15) is 44.8 Å². The molecule has 628 valence electrons. The number of alkyl halides is 1. The maximum absolute atomic E-state index is 13.1. The van der Waals surface area contributed by atoms with Crippen LogP contribution in [0.1, 0.15) is 190 Å². The third-order valence-electron chi connectivity index (χ3n) is 28.6. The summed E-state index contributed by atoms with van der Waals surface area (Å²) in [5.41, 5.74) is 19.6. The third-order valence-corrected chi connectivity index (χ3v) is 28.6. The van der Waals surface area contributed by atoms with E-state index in [-0.39, 0.29) is 116 Å². The molecule has 4 unspecified atom stereocenters. The van der Waals surface area contributed by atoms with Crippen LogP contribution in [0, 0.1) is 43.9 Å². The Balaban J connectivity index is 0.000000143. The van der Waals surface area contributed by atoms with Crippen LogP contribution in [0.4, 0.5) is 31.4 Å². The minimum Gasteiger partial charge on any atom is -0.508 e. The SMILES string of the molecule is Br.CI.COc1cc2c(cc1N)C[C@H]1C3CCCC[C@@]23CCN1C(=O)OCc1ccccc1.COc1cc2c(cc1[N+](=O)[O-])C[C@H]1C3CCCC[C@@]23CCN1C(=O)OCc1ccccc1.NN.O.O=C(OCc1ccccc1)N1CC[C@@]23CCCCC2[C@@H]1Cc1cc([N+](=O)[O-])c(O)cc13.Oc1ccc2c(c1)[C@]13CCCCC1[C@H](C2)NCC3. The lowest BCUT2D eigenvalue weighted by molar-refractivity contribution is -0.386. The van der Waals surface area contributed by atoms with Crippen LogP contribution in [0.25, 0.3) is 0 Å². The number of piperidine rings is 4. The van der Waals surface area contributed by atoms with E-state index in [0.717, 1.165) is 142 Å². The Labute approximate surface area is 710 Å². The first-order valence-corrected chi connectivity index (χ1v) is 43.6. The second kappa shape index (κ2) is 38.1. The molecule has 7 aromatic rings. The number of likely N-dealkylation sites (tertiary alicyclic amines) is 3. The van der Waals surface area contributed by atoms with Crippen molar-refractivity contribution in [2.75, 3.05) is 51.1 Å². The molecule has 7 aromatic carbocycles. The number of hydrogen-bond donors (Lipinski definition) is 6. The van der Waals surface area contributed by atoms with E-state index >= 15 is 0 Å². The summed E-state index contributed by atoms with van der Waals surface area (Å²) in [6.07, 6.45) is 25.1. The summed E-state index contributed by atoms with van der Waals surface area (Å²) in [6, 6.07) is 47.1. The van der Waals surface area contributed by atoms with Gasteiger partial charge in [0.15, 0.2) is 11.5 Å². The first kappa shape index (κ1) is 87.5. The van der Waals surface area contributed by atoms with Crippen molar-refractivity contribution < 1.29 is 63.6 Å². The van der Waals surface area contributed by atoms with E-state index in [0.29, 0.717) is 73.0 Å². The Morgan fingerprint density at radius 2 is 0.838 bits per heavy atom. The summed E-state index contributed by atoms with van der Waals surface area (Å²) in [5, 5.41) is 46.9. The third kappa shape index (κ3) is 17.0. The first-order chi connectivity index (χ1) is 55.9. The number of carbonyl (C=O) groups excluding carboxylic acids is 3. The molecule has 12 aliphatic rings. The van der Waals surface area contributed by atoms with E-state index in [1.165, 1.54) is 98.8 Å². The van der Waals surface area contributed by atoms with Crippen molar-refractivity contribution in [3.8, 4) is 23.0 Å². The molecule has 4 saturated carbocycles. The number of hydrogen-bond acceptors (Lipinski definition) is 18. The number of nitro benzene ring substituents is 2. The van der Waals surface area contributed by atoms with Gasteiger partial charge in [-0.25, -0.2) is 14.4 Å². The maximum atomic E-state index is 13.1. The number of anilines is 1. The van der Waals surface area contributed by atoms with Crippen LogP contribution in [0.2, 0.25) is 0 Å². The molecule has 26 heteroatoms. The molecule has 0 aromatic heterocycles. The molecule has 24 nitrogen and oxygen atoms in total. The summed E-state index contributed by atoms with van der Waals surface area (Å²) >= 11 is 2.15. The average molecular weight is 1780 g/mol. The van der Waals surface area contributed by atoms with E-state index in [2.05, 4.69) is 63.9 Å². The van der Waals surface area contributed by atoms with Gasteiger partial charge in [-0.3, -0.25) is 31.9 Å². The van der Waals surface area contributed by atoms with Crippen LogP contribution in [0.3, 0.4) is 0 Å². The number of methoxy groups -OCH3 is 2. The number of nitrogen functional groups attached to an aromatic ring is 1. The zero-order valence-electron chi connectivity index (χ0n) is 67.4. The van der Waals surface area contributed by atoms with Crippen LogP contribution in [0.5, 0.6) is 23.0 Å². The highest BCUT2D eigenvalue weighted by Crippen LogP contribution is 2.61. The van der Waals surface area contributed by atoms with Crippen LogP contribution in [-0.2, 0) is 81.4 Å². The summed E-state index contributed by atoms with van der Waals surface area (Å²) < 4.78 is 28.0. The fourth-order valence-corrected chi connectivity index (χ4v) is 23.8. The zero-order chi connectivity index (χ0) is 80.8. The number of nitro groups is 2. The second-order valence-electron chi connectivity index (χ2n) is 33.6. The van der Waals surface area contributed by atoms with Crippen molar-refractivity contribution >= 4 is 74.9 Å². The number of benzene rings is 7. The molecule has 117 heavy (non-hydrogen) atoms. The number of halogens is 2. The standard InChI is InChI=1S/C25H28N2O5.C25H30N2O3.C24H26N2O5.C16H21NO.CH3I.BrH.H4N2.H2O/c1-31-23-15-20-18(14-22(23)27(29)30)13-21-19-9-5-6-10-25(19,20)11-12-26(21)24(28)32-16-17-7-3-2-4-8-17;1-29-23-15-20-18(13-21(23)26)14-22-19-9-5-6-10-25(19,20)11-12-27(22)24(28)30-16-17-7-3-2-4-8-17;27-22-14-19-17(13-21(22)26(29)30)12-20-18-8-4-5-9-24(18,19)10-11-25(20)23(28)31-15-16-6-2-1-3-7-16;18-12-5-4-11-9-15-13-3-1-2-6-16(13,7-8-17-15)14(11)10-12;1-2;;1-2;/h2-4,7-8,14-15,19,21H,5-6,9-13,16H2,1H3;2-4,7-8,13,15,19,22H,5-6,9-12,14,16,26H2,1H3;1-3,6-7,13-14,18,20,27H,4-5,8-12,15H2;4-5,10,13,15,17-18H,1-3,6-9H2;1H3;1H;1-2H2;1H2/t19?,21-,25-;19?,22-,25-;18?,20-,24-;13?,15-,16-;;;;/m0000..../s1. The summed E-state index contributed by atoms with van der Waals surface area (Å²) in [5.74, 6) is 11.2. The van der Waals surface area contributed by atoms with Gasteiger partial charge >= 0.3 is 29.7 Å². The molecule has 8 aliphatic carbocycles. The van der Waals surface area contributed by atoms with Crippen molar-refractivity contribution in [2.24, 2.45) is 35.4 Å². The number of aromatic hydroxyl groups is 2. The number of ether oxygens (including phenoxy) is 5. The van der Waals surface area contributed by atoms with Gasteiger partial charge in [0.25, 0.3) is 0 Å². The lowest BCUT2D eigenvalue weighted by atomic mass is 9.52. The predicted molar refractivity (Wildman–Crippen MR) is 463 cm³/mol. The Morgan fingerprint density at radius 3 is 1.25 bits per heavy atom. The lowest BCUT2D eigenvalue weighted by Gasteiger charge is -2.58. The van der Waals surface area contributed by atoms with Gasteiger partial charge in [0.2, 0.25) is 0 Å². The zero-order valence-corrected chi connectivity index (χ0v) is 71.3. The molecular weight excluding hydrogens is 1670 g/mol. The maximum Gasteiger partial charge on any atom is 0.410 e. The molecule has 4 heterocycles. The molecule has 8 fully saturated rings. The van der Waals surface area contributed by atoms with E-state index in [4.69, 9.17) is 29.4 Å². The lowest BCUT2D eigenvalue weighted by Crippen LogP contribution is -2.62. The second-order valence-corrected chi connectivity index (χ2v) is 33.6. The molecule has 4 aliphatic heterocycles. The molecule has 0 radical (unpaired) electrons. The largest absolute Gasteiger partial charge is 0.508 e. The van der Waals surface area contributed by atoms with Gasteiger partial charge in [-0.1, -0.05) is 171 Å². The van der Waals surface area contributed by atoms with Crippen molar-refractivity contribution in [3.05, 3.63) is 227 Å². The van der Waals surface area contributed by atoms with Crippen molar-refractivity contribution in [2.45, 2.75) is 220 Å². The number of phenols is 2. The number of fused-ring (bicyclic) bond motifs is 4. The van der Waals surface area contributed by atoms with E-state index < -0.39 is 4.92 Å². The number of carbonyl (C=O) groups is 3. The number of hydrazine groups is 1. The molecule has 11 N–H and O–H groups in total. The normalized spacial score (nSPS) is 27.0. The van der Waals surface area contributed by atoms with Crippen LogP contribution in [-0.4, -0.2) is 128 Å². The number of nitrogens with zero attached hydrogens (tertiary/aromatic N) is 5. The highest BCUT2D eigenvalue weighted by molar-refractivity contribution is 14.1. The van der Waals surface area contributed by atoms with Gasteiger partial charge in [-0.15, -0.1) is 17.0 Å². The van der Waals surface area contributed by atoms with Gasteiger partial charge < -0.3 is 65.1 Å². The highest BCUT2D eigenvalue weighted by Gasteiger charge is 2.59. The Morgan fingerprint density at radius 1 is 0.470 bits per heavy atom. The quantitative estimate of drug-likeness (QED) is 0.0141. The average Bonchev–Trinajstić information content (AvgIpc) is 0.724. The summed E-state index contributed by atoms with van der Waals surface area (Å²) in [4.78, 5) is 69.0. The van der Waals surface area contributed by atoms with Gasteiger partial charge in [-0.05, 0) is 235 Å². The van der Waals surface area contributed by atoms with Crippen LogP contribution < -0.4 is 32.2 Å². The fourth-order valence-electron chi connectivity index (χ4n) is 23.8. The monoisotopic (exact) mass is 1780 g/mol.